The van der Waals surface area contributed by atoms with Crippen LogP contribution in [0.3, 0.4) is 0 Å². The number of hydrogen-bond acceptors (Lipinski definition) is 2. The molecule has 0 unspecified atom stereocenters. The second kappa shape index (κ2) is 4.89. The van der Waals surface area contributed by atoms with Gasteiger partial charge in [-0.15, -0.1) is 0 Å². The molecule has 1 rings (SSSR count). The van der Waals surface area contributed by atoms with Crippen molar-refractivity contribution >= 4 is 27.5 Å². The van der Waals surface area contributed by atoms with Crippen LogP contribution in [0.1, 0.15) is 17.6 Å². The zero-order valence-corrected chi connectivity index (χ0v) is 9.57. The van der Waals surface area contributed by atoms with Gasteiger partial charge in [0.2, 0.25) is 5.88 Å². The summed E-state index contributed by atoms with van der Waals surface area (Å²) in [6.45, 7) is 0. The molecule has 0 aliphatic carbocycles. The van der Waals surface area contributed by atoms with Gasteiger partial charge in [-0.25, -0.2) is 13.8 Å². The number of halogens is 4. The fourth-order valence-corrected chi connectivity index (χ4v) is 2.03. The van der Waals surface area contributed by atoms with Gasteiger partial charge in [0, 0.05) is 11.5 Å². The van der Waals surface area contributed by atoms with Gasteiger partial charge in [-0.2, -0.15) is 0 Å². The molecule has 0 aliphatic heterocycles. The van der Waals surface area contributed by atoms with Crippen LogP contribution in [-0.2, 0) is 5.33 Å². The Hall–Kier alpha value is -0.420. The van der Waals surface area contributed by atoms with Crippen molar-refractivity contribution in [1.82, 2.24) is 4.98 Å². The summed E-state index contributed by atoms with van der Waals surface area (Å²) < 4.78 is 30.0. The molecule has 0 spiro atoms. The fraction of sp³-hybridized carbons (Fsp3) is 0.375. The highest BCUT2D eigenvalue weighted by molar-refractivity contribution is 9.08. The summed E-state index contributed by atoms with van der Waals surface area (Å²) in [5, 5.41) is 0.447. The Balaban J connectivity index is 3.36. The number of nitrogens with zero attached hydrogens (tertiary/aromatic N) is 1. The first-order chi connectivity index (χ1) is 6.61. The third-order valence-electron chi connectivity index (χ3n) is 1.68. The van der Waals surface area contributed by atoms with E-state index in [1.54, 1.807) is 0 Å². The fourth-order valence-electron chi connectivity index (χ4n) is 1.04. The van der Waals surface area contributed by atoms with Crippen molar-refractivity contribution in [3.05, 3.63) is 22.3 Å². The minimum atomic E-state index is -2.65. The minimum Gasteiger partial charge on any atom is -0.481 e. The smallest absolute Gasteiger partial charge is 0.269 e. The van der Waals surface area contributed by atoms with Crippen molar-refractivity contribution in [2.45, 2.75) is 11.8 Å². The molecule has 0 saturated heterocycles. The molecule has 0 N–H and O–H groups in total. The maximum absolute atomic E-state index is 12.6. The van der Waals surface area contributed by atoms with E-state index in [2.05, 4.69) is 20.9 Å². The molecule has 0 atom stereocenters. The topological polar surface area (TPSA) is 22.1 Å². The van der Waals surface area contributed by atoms with E-state index in [0.717, 1.165) is 0 Å². The Morgan fingerprint density at radius 3 is 2.71 bits per heavy atom. The average Bonchev–Trinajstić information content (AvgIpc) is 2.17. The van der Waals surface area contributed by atoms with Crippen LogP contribution in [0.15, 0.2) is 6.20 Å². The monoisotopic (exact) mass is 285 g/mol. The molecule has 1 aromatic rings. The number of pyridine rings is 1. The molecular formula is C8H7BrClF2NO. The molecule has 78 valence electrons. The summed E-state index contributed by atoms with van der Waals surface area (Å²) in [5.74, 6) is -0.0844. The van der Waals surface area contributed by atoms with Gasteiger partial charge in [0.1, 0.15) is 0 Å². The first-order valence-electron chi connectivity index (χ1n) is 3.67. The van der Waals surface area contributed by atoms with Crippen molar-refractivity contribution in [2.24, 2.45) is 0 Å². The lowest BCUT2D eigenvalue weighted by Gasteiger charge is -2.11. The molecule has 0 amide bonds. The lowest BCUT2D eigenvalue weighted by atomic mass is 10.1. The molecule has 0 aliphatic rings. The van der Waals surface area contributed by atoms with Crippen molar-refractivity contribution < 1.29 is 13.5 Å². The molecule has 0 bridgehead atoms. The van der Waals surface area contributed by atoms with E-state index < -0.39 is 6.43 Å². The van der Waals surface area contributed by atoms with Gasteiger partial charge in [0.15, 0.2) is 0 Å². The van der Waals surface area contributed by atoms with E-state index in [0.29, 0.717) is 5.56 Å². The van der Waals surface area contributed by atoms with Crippen LogP contribution >= 0.6 is 27.5 Å². The summed E-state index contributed by atoms with van der Waals surface area (Å²) in [6, 6.07) is 0. The standard InChI is InChI=1S/C8H7BrClF2NO/c1-14-8-6(7(11)12)4(2-9)5(10)3-13-8/h3,7H,2H2,1H3. The largest absolute Gasteiger partial charge is 0.481 e. The van der Waals surface area contributed by atoms with Gasteiger partial charge in [0.05, 0.1) is 17.7 Å². The van der Waals surface area contributed by atoms with Crippen LogP contribution < -0.4 is 4.74 Å². The van der Waals surface area contributed by atoms with E-state index in [1.807, 2.05) is 0 Å². The lowest BCUT2D eigenvalue weighted by molar-refractivity contribution is 0.145. The lowest BCUT2D eigenvalue weighted by Crippen LogP contribution is -2.00. The summed E-state index contributed by atoms with van der Waals surface area (Å²) in [4.78, 5) is 3.67. The predicted molar refractivity (Wildman–Crippen MR) is 53.4 cm³/mol. The number of ether oxygens (including phenoxy) is 1. The summed E-state index contributed by atoms with van der Waals surface area (Å²) in [6.07, 6.45) is -1.35. The van der Waals surface area contributed by atoms with Crippen LogP contribution in [0.4, 0.5) is 8.78 Å². The van der Waals surface area contributed by atoms with E-state index in [-0.39, 0.29) is 21.8 Å². The number of aromatic nitrogens is 1. The van der Waals surface area contributed by atoms with Crippen LogP contribution in [0, 0.1) is 0 Å². The van der Waals surface area contributed by atoms with Crippen molar-refractivity contribution in [1.29, 1.82) is 0 Å². The van der Waals surface area contributed by atoms with E-state index in [9.17, 15) is 8.78 Å². The molecule has 2 nitrogen and oxygen atoms in total. The van der Waals surface area contributed by atoms with Gasteiger partial charge in [0.25, 0.3) is 6.43 Å². The third kappa shape index (κ3) is 2.15. The van der Waals surface area contributed by atoms with Crippen molar-refractivity contribution in [2.75, 3.05) is 7.11 Å². The highest BCUT2D eigenvalue weighted by Gasteiger charge is 2.21. The molecule has 1 heterocycles. The van der Waals surface area contributed by atoms with E-state index in [1.165, 1.54) is 13.3 Å². The number of methoxy groups -OCH3 is 1. The Labute approximate surface area is 93.4 Å². The van der Waals surface area contributed by atoms with Crippen LogP contribution in [0.25, 0.3) is 0 Å². The Morgan fingerprint density at radius 2 is 2.29 bits per heavy atom. The molecule has 0 fully saturated rings. The van der Waals surface area contributed by atoms with Crippen LogP contribution in [0.5, 0.6) is 5.88 Å². The first-order valence-corrected chi connectivity index (χ1v) is 5.17. The first kappa shape index (κ1) is 11.7. The second-order valence-electron chi connectivity index (χ2n) is 2.44. The average molecular weight is 287 g/mol. The molecule has 0 saturated carbocycles. The van der Waals surface area contributed by atoms with E-state index in [4.69, 9.17) is 16.3 Å². The third-order valence-corrected chi connectivity index (χ3v) is 2.57. The molecular weight excluding hydrogens is 279 g/mol. The van der Waals surface area contributed by atoms with Crippen molar-refractivity contribution in [3.63, 3.8) is 0 Å². The molecule has 14 heavy (non-hydrogen) atoms. The Kier molecular flexibility index (Phi) is 4.07. The maximum atomic E-state index is 12.6. The Morgan fingerprint density at radius 1 is 1.64 bits per heavy atom. The Bertz CT molecular complexity index is 335. The SMILES string of the molecule is COc1ncc(Cl)c(CBr)c1C(F)F. The van der Waals surface area contributed by atoms with Gasteiger partial charge >= 0.3 is 0 Å². The van der Waals surface area contributed by atoms with E-state index >= 15 is 0 Å². The summed E-state index contributed by atoms with van der Waals surface area (Å²) >= 11 is 8.81. The number of alkyl halides is 3. The predicted octanol–water partition coefficient (Wildman–Crippen LogP) is 3.58. The number of rotatable bonds is 3. The minimum absolute atomic E-state index is 0.0844. The molecule has 0 aromatic carbocycles. The molecule has 0 radical (unpaired) electrons. The second-order valence-corrected chi connectivity index (χ2v) is 3.41. The quantitative estimate of drug-likeness (QED) is 0.792. The summed E-state index contributed by atoms with van der Waals surface area (Å²) in [5.41, 5.74) is 0.0605. The van der Waals surface area contributed by atoms with Crippen molar-refractivity contribution in [3.8, 4) is 5.88 Å². The highest BCUT2D eigenvalue weighted by atomic mass is 79.9. The van der Waals surface area contributed by atoms with Gasteiger partial charge in [-0.1, -0.05) is 27.5 Å². The maximum Gasteiger partial charge on any atom is 0.269 e. The molecule has 6 heteroatoms. The number of hydrogen-bond donors (Lipinski definition) is 0. The van der Waals surface area contributed by atoms with Gasteiger partial charge in [-0.3, -0.25) is 0 Å². The van der Waals surface area contributed by atoms with Gasteiger partial charge < -0.3 is 4.74 Å². The van der Waals surface area contributed by atoms with Gasteiger partial charge in [-0.05, 0) is 5.56 Å². The zero-order valence-electron chi connectivity index (χ0n) is 7.23. The highest BCUT2D eigenvalue weighted by Crippen LogP contribution is 2.35. The van der Waals surface area contributed by atoms with Crippen LogP contribution in [-0.4, -0.2) is 12.1 Å². The van der Waals surface area contributed by atoms with Crippen LogP contribution in [0.2, 0.25) is 5.02 Å². The zero-order chi connectivity index (χ0) is 10.7. The summed E-state index contributed by atoms with van der Waals surface area (Å²) in [7, 11) is 1.29. The molecule has 1 aromatic heterocycles. The normalized spacial score (nSPS) is 10.7.